The van der Waals surface area contributed by atoms with E-state index in [4.69, 9.17) is 16.3 Å². The predicted octanol–water partition coefficient (Wildman–Crippen LogP) is 3.77. The van der Waals surface area contributed by atoms with Crippen LogP contribution in [0.3, 0.4) is 0 Å². The maximum atomic E-state index is 6.52. The van der Waals surface area contributed by atoms with Gasteiger partial charge in [0.05, 0.1) is 12.5 Å². The summed E-state index contributed by atoms with van der Waals surface area (Å²) in [6.07, 6.45) is 3.99. The highest BCUT2D eigenvalue weighted by molar-refractivity contribution is 6.21. The van der Waals surface area contributed by atoms with Crippen molar-refractivity contribution in [1.29, 1.82) is 0 Å². The lowest BCUT2D eigenvalue weighted by molar-refractivity contribution is 0.229. The number of ether oxygens (including phenoxy) is 1. The van der Waals surface area contributed by atoms with E-state index in [9.17, 15) is 0 Å². The van der Waals surface area contributed by atoms with Gasteiger partial charge in [-0.15, -0.1) is 11.6 Å². The van der Waals surface area contributed by atoms with Crippen molar-refractivity contribution in [3.63, 3.8) is 0 Å². The summed E-state index contributed by atoms with van der Waals surface area (Å²) >= 11 is 6.52. The van der Waals surface area contributed by atoms with Crippen molar-refractivity contribution in [2.75, 3.05) is 26.7 Å². The van der Waals surface area contributed by atoms with Crippen molar-refractivity contribution in [1.82, 2.24) is 4.90 Å². The molecule has 1 fully saturated rings. The first-order chi connectivity index (χ1) is 8.70. The van der Waals surface area contributed by atoms with Crippen molar-refractivity contribution in [3.05, 3.63) is 29.3 Å². The van der Waals surface area contributed by atoms with Gasteiger partial charge in [-0.05, 0) is 50.0 Å². The summed E-state index contributed by atoms with van der Waals surface area (Å²) in [4.78, 5) is 2.47. The van der Waals surface area contributed by atoms with Crippen LogP contribution in [0.25, 0.3) is 0 Å². The van der Waals surface area contributed by atoms with E-state index >= 15 is 0 Å². The van der Waals surface area contributed by atoms with Gasteiger partial charge in [0.15, 0.2) is 0 Å². The number of piperidine rings is 1. The molecule has 1 atom stereocenters. The smallest absolute Gasteiger partial charge is 0.121 e. The highest BCUT2D eigenvalue weighted by Gasteiger charge is 2.16. The van der Waals surface area contributed by atoms with Gasteiger partial charge in [-0.1, -0.05) is 18.6 Å². The van der Waals surface area contributed by atoms with Crippen LogP contribution in [0.4, 0.5) is 0 Å². The number of rotatable bonds is 4. The molecule has 0 N–H and O–H groups in total. The summed E-state index contributed by atoms with van der Waals surface area (Å²) in [6.45, 7) is 5.40. The number of alkyl halides is 1. The third kappa shape index (κ3) is 3.39. The largest absolute Gasteiger partial charge is 0.496 e. The monoisotopic (exact) mass is 267 g/mol. The molecule has 1 aliphatic heterocycles. The van der Waals surface area contributed by atoms with Crippen LogP contribution in [0.1, 0.15) is 35.8 Å². The van der Waals surface area contributed by atoms with Gasteiger partial charge in [0.2, 0.25) is 0 Å². The van der Waals surface area contributed by atoms with Crippen LogP contribution < -0.4 is 4.74 Å². The normalized spacial score (nSPS) is 18.6. The number of likely N-dealkylation sites (tertiary alicyclic amines) is 1. The zero-order chi connectivity index (χ0) is 13.0. The number of aryl methyl sites for hydroxylation is 1. The second-order valence-corrected chi connectivity index (χ2v) is 5.58. The Morgan fingerprint density at radius 1 is 1.28 bits per heavy atom. The Hall–Kier alpha value is -0.730. The standard InChI is InChI=1S/C15H22ClNO/c1-12-10-13(6-7-15(12)18-2)14(16)11-17-8-4-3-5-9-17/h6-7,10,14H,3-5,8-9,11H2,1-2H3. The molecule has 2 rings (SSSR count). The van der Waals surface area contributed by atoms with Gasteiger partial charge in [0.25, 0.3) is 0 Å². The minimum Gasteiger partial charge on any atom is -0.496 e. The molecule has 100 valence electrons. The first-order valence-electron chi connectivity index (χ1n) is 6.71. The molecule has 0 spiro atoms. The first kappa shape index (κ1) is 13.7. The summed E-state index contributed by atoms with van der Waals surface area (Å²) in [5.41, 5.74) is 2.35. The third-order valence-corrected chi connectivity index (χ3v) is 4.04. The second kappa shape index (κ2) is 6.44. The van der Waals surface area contributed by atoms with Gasteiger partial charge < -0.3 is 9.64 Å². The number of benzene rings is 1. The molecule has 1 aromatic carbocycles. The number of hydrogen-bond donors (Lipinski definition) is 0. The van der Waals surface area contributed by atoms with Crippen LogP contribution in [-0.4, -0.2) is 31.6 Å². The molecule has 0 bridgehead atoms. The molecule has 18 heavy (non-hydrogen) atoms. The molecule has 1 unspecified atom stereocenters. The van der Waals surface area contributed by atoms with E-state index in [0.717, 1.165) is 17.9 Å². The zero-order valence-corrected chi connectivity index (χ0v) is 12.0. The summed E-state index contributed by atoms with van der Waals surface area (Å²) < 4.78 is 5.28. The average Bonchev–Trinajstić information content (AvgIpc) is 2.39. The van der Waals surface area contributed by atoms with E-state index in [1.807, 2.05) is 6.07 Å². The minimum absolute atomic E-state index is 0.0766. The van der Waals surface area contributed by atoms with Crippen LogP contribution in [0.15, 0.2) is 18.2 Å². The number of hydrogen-bond acceptors (Lipinski definition) is 2. The van der Waals surface area contributed by atoms with Crippen LogP contribution in [0.5, 0.6) is 5.75 Å². The van der Waals surface area contributed by atoms with Crippen LogP contribution in [0, 0.1) is 6.92 Å². The van der Waals surface area contributed by atoms with E-state index in [1.54, 1.807) is 7.11 Å². The number of halogens is 1. The molecule has 0 aliphatic carbocycles. The molecule has 1 aliphatic rings. The molecular weight excluding hydrogens is 246 g/mol. The van der Waals surface area contributed by atoms with Crippen molar-refractivity contribution in [3.8, 4) is 5.75 Å². The van der Waals surface area contributed by atoms with E-state index in [-0.39, 0.29) is 5.38 Å². The molecule has 1 saturated heterocycles. The van der Waals surface area contributed by atoms with Crippen molar-refractivity contribution in [2.24, 2.45) is 0 Å². The molecule has 0 saturated carbocycles. The van der Waals surface area contributed by atoms with Gasteiger partial charge in [0, 0.05) is 6.54 Å². The highest BCUT2D eigenvalue weighted by atomic mass is 35.5. The van der Waals surface area contributed by atoms with E-state index in [1.165, 1.54) is 37.9 Å². The Morgan fingerprint density at radius 3 is 2.61 bits per heavy atom. The van der Waals surface area contributed by atoms with Crippen LogP contribution >= 0.6 is 11.6 Å². The summed E-state index contributed by atoms with van der Waals surface area (Å²) in [5, 5.41) is 0.0766. The van der Waals surface area contributed by atoms with E-state index < -0.39 is 0 Å². The molecular formula is C15H22ClNO. The van der Waals surface area contributed by atoms with Crippen molar-refractivity contribution < 1.29 is 4.74 Å². The Bertz CT molecular complexity index is 388. The molecule has 1 aromatic rings. The highest BCUT2D eigenvalue weighted by Crippen LogP contribution is 2.27. The lowest BCUT2D eigenvalue weighted by Crippen LogP contribution is -2.32. The minimum atomic E-state index is 0.0766. The summed E-state index contributed by atoms with van der Waals surface area (Å²) in [7, 11) is 1.70. The number of nitrogens with zero attached hydrogens (tertiary/aromatic N) is 1. The lowest BCUT2D eigenvalue weighted by atomic mass is 10.1. The second-order valence-electron chi connectivity index (χ2n) is 5.06. The first-order valence-corrected chi connectivity index (χ1v) is 7.15. The third-order valence-electron chi connectivity index (χ3n) is 3.65. The summed E-state index contributed by atoms with van der Waals surface area (Å²) in [5.74, 6) is 0.931. The maximum Gasteiger partial charge on any atom is 0.121 e. The molecule has 0 radical (unpaired) electrons. The molecule has 1 heterocycles. The summed E-state index contributed by atoms with van der Waals surface area (Å²) in [6, 6.07) is 6.23. The van der Waals surface area contributed by atoms with Crippen molar-refractivity contribution in [2.45, 2.75) is 31.6 Å². The molecule has 0 amide bonds. The van der Waals surface area contributed by atoms with Gasteiger partial charge in [-0.2, -0.15) is 0 Å². The fourth-order valence-electron chi connectivity index (χ4n) is 2.57. The van der Waals surface area contributed by atoms with Crippen molar-refractivity contribution >= 4 is 11.6 Å². The number of methoxy groups -OCH3 is 1. The van der Waals surface area contributed by atoms with Crippen LogP contribution in [-0.2, 0) is 0 Å². The predicted molar refractivity (Wildman–Crippen MR) is 76.6 cm³/mol. The lowest BCUT2D eigenvalue weighted by Gasteiger charge is -2.28. The molecule has 2 nitrogen and oxygen atoms in total. The van der Waals surface area contributed by atoms with Crippen LogP contribution in [0.2, 0.25) is 0 Å². The van der Waals surface area contributed by atoms with E-state index in [2.05, 4.69) is 24.0 Å². The fourth-order valence-corrected chi connectivity index (χ4v) is 2.90. The van der Waals surface area contributed by atoms with Gasteiger partial charge in [-0.3, -0.25) is 0 Å². The van der Waals surface area contributed by atoms with Gasteiger partial charge in [-0.25, -0.2) is 0 Å². The Labute approximate surface area is 115 Å². The van der Waals surface area contributed by atoms with Gasteiger partial charge >= 0.3 is 0 Å². The Morgan fingerprint density at radius 2 is 2.00 bits per heavy atom. The molecule has 3 heteroatoms. The Kier molecular flexibility index (Phi) is 4.90. The average molecular weight is 268 g/mol. The van der Waals surface area contributed by atoms with E-state index in [0.29, 0.717) is 0 Å². The van der Waals surface area contributed by atoms with Gasteiger partial charge in [0.1, 0.15) is 5.75 Å². The SMILES string of the molecule is COc1ccc(C(Cl)CN2CCCCC2)cc1C. The Balaban J connectivity index is 1.99. The zero-order valence-electron chi connectivity index (χ0n) is 11.3. The molecule has 0 aromatic heterocycles. The maximum absolute atomic E-state index is 6.52. The quantitative estimate of drug-likeness (QED) is 0.770. The topological polar surface area (TPSA) is 12.5 Å². The fraction of sp³-hybridized carbons (Fsp3) is 0.600.